The first-order chi connectivity index (χ1) is 6.77. The molecular formula is C7H9NO5S2. The number of sulfone groups is 1. The third-order valence-electron chi connectivity index (χ3n) is 1.68. The highest BCUT2D eigenvalue weighted by molar-refractivity contribution is 7.90. The van der Waals surface area contributed by atoms with E-state index >= 15 is 0 Å². The summed E-state index contributed by atoms with van der Waals surface area (Å²) < 4.78 is 44.2. The summed E-state index contributed by atoms with van der Waals surface area (Å²) >= 11 is 0. The van der Waals surface area contributed by atoms with Crippen molar-refractivity contribution in [1.82, 2.24) is 4.89 Å². The molecule has 84 valence electrons. The molecule has 0 aliphatic heterocycles. The van der Waals surface area contributed by atoms with Gasteiger partial charge in [-0.2, -0.15) is 0 Å². The summed E-state index contributed by atoms with van der Waals surface area (Å²) in [6, 6.07) is 4.49. The minimum atomic E-state index is -3.95. The standard InChI is InChI=1S/C7H9NO5S2/c1-14(10,11)6-2-4-7(5-3-6)15(12,13)8-9/h2-5,8-9H,1H3. The van der Waals surface area contributed by atoms with Crippen LogP contribution < -0.4 is 4.89 Å². The van der Waals surface area contributed by atoms with E-state index in [4.69, 9.17) is 5.21 Å². The minimum Gasteiger partial charge on any atom is -0.302 e. The van der Waals surface area contributed by atoms with Gasteiger partial charge in [-0.25, -0.2) is 16.8 Å². The molecular weight excluding hydrogens is 242 g/mol. The monoisotopic (exact) mass is 251 g/mol. The molecule has 15 heavy (non-hydrogen) atoms. The van der Waals surface area contributed by atoms with Crippen molar-refractivity contribution < 1.29 is 22.0 Å². The zero-order valence-corrected chi connectivity index (χ0v) is 9.34. The molecule has 6 nitrogen and oxygen atoms in total. The van der Waals surface area contributed by atoms with Crippen molar-refractivity contribution in [2.45, 2.75) is 9.79 Å². The van der Waals surface area contributed by atoms with E-state index < -0.39 is 19.9 Å². The summed E-state index contributed by atoms with van der Waals surface area (Å²) in [6.07, 6.45) is 1.01. The summed E-state index contributed by atoms with van der Waals surface area (Å²) in [5.74, 6) is 0. The van der Waals surface area contributed by atoms with Crippen LogP contribution in [0.3, 0.4) is 0 Å². The van der Waals surface area contributed by atoms with Crippen LogP contribution in [0.1, 0.15) is 0 Å². The van der Waals surface area contributed by atoms with Gasteiger partial charge in [0.1, 0.15) is 0 Å². The maximum atomic E-state index is 11.1. The van der Waals surface area contributed by atoms with Crippen molar-refractivity contribution >= 4 is 19.9 Å². The maximum absolute atomic E-state index is 11.1. The molecule has 0 saturated carbocycles. The summed E-state index contributed by atoms with van der Waals surface area (Å²) in [7, 11) is -7.30. The Morgan fingerprint density at radius 2 is 1.40 bits per heavy atom. The fraction of sp³-hybridized carbons (Fsp3) is 0.143. The Hall–Kier alpha value is -0.960. The van der Waals surface area contributed by atoms with Gasteiger partial charge < -0.3 is 5.21 Å². The summed E-state index contributed by atoms with van der Waals surface area (Å²) in [6.45, 7) is 0. The van der Waals surface area contributed by atoms with Crippen LogP contribution in [0, 0.1) is 0 Å². The van der Waals surface area contributed by atoms with Gasteiger partial charge in [-0.15, -0.1) is 0 Å². The normalized spacial score (nSPS) is 12.7. The first-order valence-electron chi connectivity index (χ1n) is 3.73. The molecule has 0 heterocycles. The van der Waals surface area contributed by atoms with Crippen LogP contribution in [0.25, 0.3) is 0 Å². The van der Waals surface area contributed by atoms with Crippen molar-refractivity contribution in [3.63, 3.8) is 0 Å². The molecule has 0 amide bonds. The third-order valence-corrected chi connectivity index (χ3v) is 3.94. The molecule has 0 bridgehead atoms. The van der Waals surface area contributed by atoms with E-state index in [2.05, 4.69) is 0 Å². The van der Waals surface area contributed by atoms with Gasteiger partial charge in [0.15, 0.2) is 9.84 Å². The van der Waals surface area contributed by atoms with Gasteiger partial charge in [0.05, 0.1) is 9.79 Å². The fourth-order valence-corrected chi connectivity index (χ4v) is 2.15. The molecule has 1 aromatic carbocycles. The van der Waals surface area contributed by atoms with E-state index in [1.165, 1.54) is 0 Å². The molecule has 1 rings (SSSR count). The molecule has 8 heteroatoms. The second-order valence-electron chi connectivity index (χ2n) is 2.84. The van der Waals surface area contributed by atoms with Crippen LogP contribution in [-0.4, -0.2) is 28.3 Å². The van der Waals surface area contributed by atoms with Crippen LogP contribution in [0.2, 0.25) is 0 Å². The number of sulfonamides is 1. The highest BCUT2D eigenvalue weighted by Gasteiger charge is 2.13. The lowest BCUT2D eigenvalue weighted by Gasteiger charge is -2.02. The SMILES string of the molecule is CS(=O)(=O)c1ccc(S(=O)(=O)NO)cc1. The molecule has 0 spiro atoms. The Morgan fingerprint density at radius 3 is 1.73 bits per heavy atom. The summed E-state index contributed by atoms with van der Waals surface area (Å²) in [4.78, 5) is 0.941. The number of nitrogens with one attached hydrogen (secondary N) is 1. The second kappa shape index (κ2) is 3.89. The molecule has 0 unspecified atom stereocenters. The topological polar surface area (TPSA) is 101 Å². The van der Waals surface area contributed by atoms with E-state index in [9.17, 15) is 16.8 Å². The molecule has 0 radical (unpaired) electrons. The number of rotatable bonds is 3. The van der Waals surface area contributed by atoms with Gasteiger partial charge in [-0.1, -0.05) is 4.89 Å². The van der Waals surface area contributed by atoms with Gasteiger partial charge in [-0.3, -0.25) is 0 Å². The summed E-state index contributed by atoms with van der Waals surface area (Å²) in [5, 5.41) is 8.32. The first kappa shape index (κ1) is 12.1. The maximum Gasteiger partial charge on any atom is 0.262 e. The zero-order valence-electron chi connectivity index (χ0n) is 7.71. The van der Waals surface area contributed by atoms with Crippen molar-refractivity contribution in [2.75, 3.05) is 6.26 Å². The summed E-state index contributed by atoms with van der Waals surface area (Å²) in [5.41, 5.74) is 0. The predicted molar refractivity (Wildman–Crippen MR) is 51.7 cm³/mol. The predicted octanol–water partition coefficient (Wildman–Crippen LogP) is -0.242. The fourth-order valence-electron chi connectivity index (χ4n) is 0.919. The molecule has 0 fully saturated rings. The Balaban J connectivity index is 3.24. The highest BCUT2D eigenvalue weighted by atomic mass is 32.2. The molecule has 1 aromatic rings. The lowest BCUT2D eigenvalue weighted by Crippen LogP contribution is -2.19. The Morgan fingerprint density at radius 1 is 1.00 bits per heavy atom. The molecule has 0 aromatic heterocycles. The van der Waals surface area contributed by atoms with Gasteiger partial charge in [0.2, 0.25) is 0 Å². The number of hydrogen-bond donors (Lipinski definition) is 2. The smallest absolute Gasteiger partial charge is 0.262 e. The average Bonchev–Trinajstić information content (AvgIpc) is 2.17. The van der Waals surface area contributed by atoms with Crippen LogP contribution in [0.5, 0.6) is 0 Å². The van der Waals surface area contributed by atoms with Crippen molar-refractivity contribution in [3.05, 3.63) is 24.3 Å². The van der Waals surface area contributed by atoms with Gasteiger partial charge in [0.25, 0.3) is 10.0 Å². The number of benzene rings is 1. The van der Waals surface area contributed by atoms with Crippen molar-refractivity contribution in [3.8, 4) is 0 Å². The molecule has 0 atom stereocenters. The van der Waals surface area contributed by atoms with Crippen LogP contribution >= 0.6 is 0 Å². The lowest BCUT2D eigenvalue weighted by molar-refractivity contribution is 0.242. The average molecular weight is 251 g/mol. The van der Waals surface area contributed by atoms with E-state index in [-0.39, 0.29) is 9.79 Å². The van der Waals surface area contributed by atoms with Gasteiger partial charge in [-0.05, 0) is 24.3 Å². The van der Waals surface area contributed by atoms with E-state index in [0.717, 1.165) is 35.4 Å². The Labute approximate surface area is 87.5 Å². The van der Waals surface area contributed by atoms with Crippen molar-refractivity contribution in [2.24, 2.45) is 0 Å². The second-order valence-corrected chi connectivity index (χ2v) is 6.51. The van der Waals surface area contributed by atoms with E-state index in [1.807, 2.05) is 0 Å². The Kier molecular flexibility index (Phi) is 3.14. The molecule has 0 saturated heterocycles. The van der Waals surface area contributed by atoms with E-state index in [0.29, 0.717) is 0 Å². The van der Waals surface area contributed by atoms with E-state index in [1.54, 1.807) is 0 Å². The van der Waals surface area contributed by atoms with Gasteiger partial charge >= 0.3 is 0 Å². The van der Waals surface area contributed by atoms with Crippen LogP contribution in [-0.2, 0) is 19.9 Å². The molecule has 0 aliphatic carbocycles. The van der Waals surface area contributed by atoms with Crippen molar-refractivity contribution in [1.29, 1.82) is 0 Å². The molecule has 2 N–H and O–H groups in total. The van der Waals surface area contributed by atoms with Crippen LogP contribution in [0.4, 0.5) is 0 Å². The molecule has 0 aliphatic rings. The highest BCUT2D eigenvalue weighted by Crippen LogP contribution is 2.13. The Bertz CT molecular complexity index is 544. The minimum absolute atomic E-state index is 0.0133. The largest absolute Gasteiger partial charge is 0.302 e. The number of hydrogen-bond acceptors (Lipinski definition) is 5. The zero-order chi connectivity index (χ0) is 11.7. The first-order valence-corrected chi connectivity index (χ1v) is 7.11. The van der Waals surface area contributed by atoms with Crippen LogP contribution in [0.15, 0.2) is 34.1 Å². The lowest BCUT2D eigenvalue weighted by atomic mass is 10.4. The third kappa shape index (κ3) is 2.75. The quantitative estimate of drug-likeness (QED) is 0.722. The van der Waals surface area contributed by atoms with Gasteiger partial charge in [0, 0.05) is 6.26 Å².